The molecule has 0 atom stereocenters. The molecule has 0 aliphatic rings. The van der Waals surface area contributed by atoms with Crippen molar-refractivity contribution < 1.29 is 14.7 Å². The highest BCUT2D eigenvalue weighted by atomic mass is 16.4. The van der Waals surface area contributed by atoms with Gasteiger partial charge in [-0.1, -0.05) is 52.4 Å². The molecule has 94 valence electrons. The molecule has 0 saturated heterocycles. The van der Waals surface area contributed by atoms with Gasteiger partial charge in [-0.05, 0) is 12.3 Å². The molecule has 0 spiro atoms. The number of carboxylic acid groups (broad SMARTS) is 1. The first kappa shape index (κ1) is 15.1. The number of carbonyl (C=O) groups excluding carboxylic acids is 1. The number of carboxylic acids is 1. The van der Waals surface area contributed by atoms with E-state index in [9.17, 15) is 9.59 Å². The van der Waals surface area contributed by atoms with Crippen molar-refractivity contribution in [3.05, 3.63) is 0 Å². The molecule has 3 heteroatoms. The summed E-state index contributed by atoms with van der Waals surface area (Å²) in [5, 5.41) is 8.36. The van der Waals surface area contributed by atoms with Crippen molar-refractivity contribution in [2.45, 2.75) is 65.2 Å². The number of hydrogen-bond donors (Lipinski definition) is 1. The fourth-order valence-corrected chi connectivity index (χ4v) is 1.65. The second-order valence-electron chi connectivity index (χ2n) is 4.78. The summed E-state index contributed by atoms with van der Waals surface area (Å²) < 4.78 is 0. The van der Waals surface area contributed by atoms with E-state index in [2.05, 4.69) is 13.8 Å². The van der Waals surface area contributed by atoms with Gasteiger partial charge in [-0.3, -0.25) is 4.79 Å². The van der Waals surface area contributed by atoms with Gasteiger partial charge in [0.25, 0.3) is 0 Å². The third-order valence-corrected chi connectivity index (χ3v) is 2.67. The molecule has 0 bridgehead atoms. The maximum atomic E-state index is 10.8. The Balaban J connectivity index is 3.16. The van der Waals surface area contributed by atoms with Crippen molar-refractivity contribution in [2.24, 2.45) is 5.92 Å². The van der Waals surface area contributed by atoms with Crippen LogP contribution < -0.4 is 0 Å². The number of unbranched alkanes of at least 4 members (excludes halogenated alkanes) is 5. The van der Waals surface area contributed by atoms with Gasteiger partial charge < -0.3 is 5.11 Å². The third kappa shape index (κ3) is 9.69. The molecule has 16 heavy (non-hydrogen) atoms. The van der Waals surface area contributed by atoms with Gasteiger partial charge >= 0.3 is 5.97 Å². The van der Waals surface area contributed by atoms with E-state index in [0.717, 1.165) is 25.2 Å². The molecule has 1 N–H and O–H groups in total. The van der Waals surface area contributed by atoms with Crippen LogP contribution in [0.25, 0.3) is 0 Å². The van der Waals surface area contributed by atoms with E-state index in [1.54, 1.807) is 0 Å². The molecular weight excluding hydrogens is 204 g/mol. The number of carbonyl (C=O) groups is 2. The van der Waals surface area contributed by atoms with Crippen LogP contribution in [0.15, 0.2) is 0 Å². The average Bonchev–Trinajstić information content (AvgIpc) is 2.21. The van der Waals surface area contributed by atoms with E-state index in [1.807, 2.05) is 0 Å². The molecule has 0 rings (SSSR count). The fourth-order valence-electron chi connectivity index (χ4n) is 1.65. The third-order valence-electron chi connectivity index (χ3n) is 2.67. The topological polar surface area (TPSA) is 54.4 Å². The van der Waals surface area contributed by atoms with Gasteiger partial charge in [-0.2, -0.15) is 0 Å². The van der Waals surface area contributed by atoms with Crippen LogP contribution in [0.1, 0.15) is 65.2 Å². The van der Waals surface area contributed by atoms with Crippen molar-refractivity contribution in [3.8, 4) is 0 Å². The predicted octanol–water partition coefficient (Wildman–Crippen LogP) is 3.42. The number of aliphatic carboxylic acids is 1. The highest BCUT2D eigenvalue weighted by Gasteiger charge is 2.09. The minimum Gasteiger partial charge on any atom is -0.476 e. The van der Waals surface area contributed by atoms with Crippen molar-refractivity contribution >= 4 is 11.8 Å². The summed E-state index contributed by atoms with van der Waals surface area (Å²) in [5.41, 5.74) is 0. The number of ketones is 1. The second-order valence-corrected chi connectivity index (χ2v) is 4.78. The molecule has 0 fully saturated rings. The molecule has 3 nitrogen and oxygen atoms in total. The average molecular weight is 228 g/mol. The predicted molar refractivity (Wildman–Crippen MR) is 64.4 cm³/mol. The van der Waals surface area contributed by atoms with Crippen molar-refractivity contribution in [1.29, 1.82) is 0 Å². The van der Waals surface area contributed by atoms with Crippen LogP contribution in [0, 0.1) is 5.92 Å². The standard InChI is InChI=1S/C13H24O3/c1-11(2)9-7-5-3-4-6-8-10-12(14)13(15)16/h11H,3-10H2,1-2H3,(H,15,16). The van der Waals surface area contributed by atoms with E-state index in [1.165, 1.54) is 25.7 Å². The first-order valence-electron chi connectivity index (χ1n) is 6.30. The fraction of sp³-hybridized carbons (Fsp3) is 0.846. The number of hydrogen-bond acceptors (Lipinski definition) is 2. The normalized spacial score (nSPS) is 10.7. The summed E-state index contributed by atoms with van der Waals surface area (Å²) in [4.78, 5) is 21.0. The molecule has 0 aromatic heterocycles. The van der Waals surface area contributed by atoms with Gasteiger partial charge in [-0.15, -0.1) is 0 Å². The summed E-state index contributed by atoms with van der Waals surface area (Å²) >= 11 is 0. The van der Waals surface area contributed by atoms with Gasteiger partial charge in [0.15, 0.2) is 0 Å². The Bertz CT molecular complexity index is 209. The van der Waals surface area contributed by atoms with Crippen molar-refractivity contribution in [2.75, 3.05) is 0 Å². The smallest absolute Gasteiger partial charge is 0.372 e. The summed E-state index contributed by atoms with van der Waals surface area (Å²) in [6.45, 7) is 4.47. The monoisotopic (exact) mass is 228 g/mol. The lowest BCUT2D eigenvalue weighted by atomic mass is 10.0. The molecular formula is C13H24O3. The van der Waals surface area contributed by atoms with E-state index in [-0.39, 0.29) is 6.42 Å². The minimum atomic E-state index is -1.29. The highest BCUT2D eigenvalue weighted by Crippen LogP contribution is 2.11. The number of rotatable bonds is 10. The summed E-state index contributed by atoms with van der Waals surface area (Å²) in [6, 6.07) is 0. The minimum absolute atomic E-state index is 0.196. The van der Waals surface area contributed by atoms with Gasteiger partial charge in [0.2, 0.25) is 5.78 Å². The summed E-state index contributed by atoms with van der Waals surface area (Å²) in [7, 11) is 0. The Morgan fingerprint density at radius 2 is 1.44 bits per heavy atom. The van der Waals surface area contributed by atoms with Gasteiger partial charge in [0, 0.05) is 6.42 Å². The lowest BCUT2D eigenvalue weighted by Crippen LogP contribution is -2.11. The van der Waals surface area contributed by atoms with Gasteiger partial charge in [0.05, 0.1) is 0 Å². The molecule has 0 radical (unpaired) electrons. The molecule has 0 aliphatic heterocycles. The van der Waals surface area contributed by atoms with Crippen LogP contribution in [0.3, 0.4) is 0 Å². The van der Waals surface area contributed by atoms with Crippen molar-refractivity contribution in [3.63, 3.8) is 0 Å². The molecule has 0 aliphatic carbocycles. The van der Waals surface area contributed by atoms with Crippen LogP contribution >= 0.6 is 0 Å². The maximum Gasteiger partial charge on any atom is 0.372 e. The molecule has 0 saturated carbocycles. The van der Waals surface area contributed by atoms with Crippen LogP contribution in [-0.2, 0) is 9.59 Å². The van der Waals surface area contributed by atoms with E-state index in [0.29, 0.717) is 0 Å². The van der Waals surface area contributed by atoms with Gasteiger partial charge in [0.1, 0.15) is 0 Å². The Labute approximate surface area is 98.2 Å². The zero-order valence-corrected chi connectivity index (χ0v) is 10.5. The van der Waals surface area contributed by atoms with Crippen molar-refractivity contribution in [1.82, 2.24) is 0 Å². The SMILES string of the molecule is CC(C)CCCCCCCCC(=O)C(=O)O. The Morgan fingerprint density at radius 1 is 0.938 bits per heavy atom. The molecule has 0 heterocycles. The van der Waals surface area contributed by atoms with Crippen LogP contribution in [0.5, 0.6) is 0 Å². The van der Waals surface area contributed by atoms with Crippen LogP contribution in [0.2, 0.25) is 0 Å². The molecule has 0 amide bonds. The molecule has 0 aromatic rings. The number of Topliss-reactive ketones (excluding diaryl/α,β-unsaturated/α-hetero) is 1. The first-order chi connectivity index (χ1) is 7.54. The summed E-state index contributed by atoms with van der Waals surface area (Å²) in [5.74, 6) is -1.16. The zero-order valence-electron chi connectivity index (χ0n) is 10.5. The Hall–Kier alpha value is -0.860. The Kier molecular flexibility index (Phi) is 8.87. The second kappa shape index (κ2) is 9.37. The van der Waals surface area contributed by atoms with E-state index in [4.69, 9.17) is 5.11 Å². The van der Waals surface area contributed by atoms with E-state index >= 15 is 0 Å². The quantitative estimate of drug-likeness (QED) is 0.460. The van der Waals surface area contributed by atoms with Crippen LogP contribution in [0.4, 0.5) is 0 Å². The lowest BCUT2D eigenvalue weighted by molar-refractivity contribution is -0.149. The first-order valence-corrected chi connectivity index (χ1v) is 6.30. The molecule has 0 unspecified atom stereocenters. The highest BCUT2D eigenvalue weighted by molar-refractivity contribution is 6.32. The van der Waals surface area contributed by atoms with E-state index < -0.39 is 11.8 Å². The summed E-state index contributed by atoms with van der Waals surface area (Å²) in [6.07, 6.45) is 8.03. The maximum absolute atomic E-state index is 10.8. The van der Waals surface area contributed by atoms with Crippen LogP contribution in [-0.4, -0.2) is 16.9 Å². The largest absolute Gasteiger partial charge is 0.476 e. The Morgan fingerprint density at radius 3 is 1.94 bits per heavy atom. The lowest BCUT2D eigenvalue weighted by Gasteiger charge is -2.03. The zero-order chi connectivity index (χ0) is 12.4. The van der Waals surface area contributed by atoms with Gasteiger partial charge in [-0.25, -0.2) is 4.79 Å². The molecule has 0 aromatic carbocycles.